The van der Waals surface area contributed by atoms with E-state index in [0.29, 0.717) is 43.7 Å². The van der Waals surface area contributed by atoms with Gasteiger partial charge in [-0.15, -0.1) is 0 Å². The summed E-state index contributed by atoms with van der Waals surface area (Å²) in [4.78, 5) is 17.1. The van der Waals surface area contributed by atoms with Gasteiger partial charge in [0.15, 0.2) is 0 Å². The van der Waals surface area contributed by atoms with Crippen LogP contribution in [0.25, 0.3) is 0 Å². The zero-order chi connectivity index (χ0) is 30.4. The summed E-state index contributed by atoms with van der Waals surface area (Å²) in [6.45, 7) is 5.68. The van der Waals surface area contributed by atoms with Crippen molar-refractivity contribution in [3.8, 4) is 0 Å². The Morgan fingerprint density at radius 1 is 0.976 bits per heavy atom. The number of alkyl halides is 3. The molecule has 12 heteroatoms. The Labute approximate surface area is 246 Å². The van der Waals surface area contributed by atoms with Crippen LogP contribution < -0.4 is 0 Å². The number of likely N-dealkylation sites (tertiary alicyclic amines) is 2. The number of carbonyl (C=O) groups excluding carboxylic acids is 1. The second kappa shape index (κ2) is 13.9. The summed E-state index contributed by atoms with van der Waals surface area (Å²) in [5, 5.41) is 0. The molecule has 42 heavy (non-hydrogen) atoms. The molecular formula is C30H40F3N3O5S. The van der Waals surface area contributed by atoms with Crippen LogP contribution in [0.2, 0.25) is 0 Å². The van der Waals surface area contributed by atoms with Crippen molar-refractivity contribution in [3.63, 3.8) is 0 Å². The summed E-state index contributed by atoms with van der Waals surface area (Å²) in [5.74, 6) is -0.225. The number of piperidine rings is 1. The number of carbonyl (C=O) groups is 1. The lowest BCUT2D eigenvalue weighted by atomic mass is 9.83. The molecule has 1 amide bonds. The molecule has 2 aliphatic rings. The Morgan fingerprint density at radius 2 is 1.62 bits per heavy atom. The summed E-state index contributed by atoms with van der Waals surface area (Å²) < 4.78 is 78.4. The van der Waals surface area contributed by atoms with Crippen LogP contribution in [0.3, 0.4) is 0 Å². The third-order valence-electron chi connectivity index (χ3n) is 8.20. The van der Waals surface area contributed by atoms with Gasteiger partial charge in [0.2, 0.25) is 15.9 Å². The van der Waals surface area contributed by atoms with Crippen LogP contribution in [0.1, 0.15) is 42.4 Å². The van der Waals surface area contributed by atoms with E-state index in [0.717, 1.165) is 44.6 Å². The highest BCUT2D eigenvalue weighted by Gasteiger charge is 2.39. The van der Waals surface area contributed by atoms with Crippen molar-refractivity contribution in [1.29, 1.82) is 0 Å². The van der Waals surface area contributed by atoms with E-state index in [1.807, 2.05) is 0 Å². The number of likely N-dealkylation sites (N-methyl/N-ethyl adjacent to an activating group) is 1. The summed E-state index contributed by atoms with van der Waals surface area (Å²) in [7, 11) is -2.20. The van der Waals surface area contributed by atoms with E-state index in [-0.39, 0.29) is 30.6 Å². The van der Waals surface area contributed by atoms with Gasteiger partial charge in [0.1, 0.15) is 6.61 Å². The normalized spacial score (nSPS) is 18.1. The Morgan fingerprint density at radius 3 is 2.24 bits per heavy atom. The number of benzene rings is 2. The predicted molar refractivity (Wildman–Crippen MR) is 152 cm³/mol. The maximum Gasteiger partial charge on any atom is 0.416 e. The van der Waals surface area contributed by atoms with Crippen LogP contribution in [0.15, 0.2) is 53.4 Å². The van der Waals surface area contributed by atoms with Gasteiger partial charge in [-0.2, -0.15) is 17.5 Å². The number of hydrogen-bond acceptors (Lipinski definition) is 6. The zero-order valence-electron chi connectivity index (χ0n) is 24.2. The van der Waals surface area contributed by atoms with Crippen molar-refractivity contribution in [3.05, 3.63) is 65.2 Å². The van der Waals surface area contributed by atoms with Crippen molar-refractivity contribution >= 4 is 15.9 Å². The molecule has 2 fully saturated rings. The van der Waals surface area contributed by atoms with Crippen LogP contribution in [-0.2, 0) is 36.1 Å². The lowest BCUT2D eigenvalue weighted by molar-refractivity contribution is -0.144. The predicted octanol–water partition coefficient (Wildman–Crippen LogP) is 4.28. The smallest absolute Gasteiger partial charge is 0.370 e. The lowest BCUT2D eigenvalue weighted by Gasteiger charge is -2.42. The average Bonchev–Trinajstić information content (AvgIpc) is 3.49. The highest BCUT2D eigenvalue weighted by Crippen LogP contribution is 2.39. The highest BCUT2D eigenvalue weighted by molar-refractivity contribution is 7.89. The van der Waals surface area contributed by atoms with E-state index in [4.69, 9.17) is 9.47 Å². The molecule has 232 valence electrons. The zero-order valence-corrected chi connectivity index (χ0v) is 25.1. The van der Waals surface area contributed by atoms with Gasteiger partial charge < -0.3 is 19.3 Å². The maximum absolute atomic E-state index is 13.2. The first-order valence-electron chi connectivity index (χ1n) is 14.3. The fourth-order valence-electron chi connectivity index (χ4n) is 5.55. The molecule has 0 saturated carbocycles. The highest BCUT2D eigenvalue weighted by atomic mass is 32.2. The van der Waals surface area contributed by atoms with Gasteiger partial charge in [0.05, 0.1) is 29.3 Å². The minimum atomic E-state index is -4.42. The second-order valence-electron chi connectivity index (χ2n) is 11.0. The van der Waals surface area contributed by atoms with E-state index in [2.05, 4.69) is 4.90 Å². The van der Waals surface area contributed by atoms with Gasteiger partial charge >= 0.3 is 6.18 Å². The van der Waals surface area contributed by atoms with E-state index in [1.54, 1.807) is 36.1 Å². The molecule has 0 unspecified atom stereocenters. The third kappa shape index (κ3) is 7.90. The lowest BCUT2D eigenvalue weighted by Crippen LogP contribution is -2.48. The number of sulfonamides is 1. The number of amides is 1. The molecular weight excluding hydrogens is 571 g/mol. The van der Waals surface area contributed by atoms with Crippen molar-refractivity contribution < 1.29 is 35.9 Å². The topological polar surface area (TPSA) is 79.4 Å². The Hall–Kier alpha value is -2.51. The van der Waals surface area contributed by atoms with Crippen molar-refractivity contribution in [1.82, 2.24) is 14.1 Å². The SMILES string of the molecule is Cc1ccccc1S(=O)(=O)N(C)CCOCC(=O)N1CCC(OCCN2CCCC2)(c2ccc(C(F)(F)F)cc2)CC1. The summed E-state index contributed by atoms with van der Waals surface area (Å²) >= 11 is 0. The van der Waals surface area contributed by atoms with Gasteiger partial charge in [-0.3, -0.25) is 4.79 Å². The second-order valence-corrected chi connectivity index (χ2v) is 13.0. The molecule has 8 nitrogen and oxygen atoms in total. The Kier molecular flexibility index (Phi) is 10.7. The first-order chi connectivity index (χ1) is 19.9. The van der Waals surface area contributed by atoms with Gasteiger partial charge in [-0.25, -0.2) is 8.42 Å². The van der Waals surface area contributed by atoms with Gasteiger partial charge in [0.25, 0.3) is 0 Å². The van der Waals surface area contributed by atoms with Gasteiger partial charge in [-0.05, 0) is 75.0 Å². The summed E-state index contributed by atoms with van der Waals surface area (Å²) in [6, 6.07) is 11.9. The third-order valence-corrected chi connectivity index (χ3v) is 10.2. The molecule has 0 bridgehead atoms. The molecule has 0 spiro atoms. The molecule has 2 saturated heterocycles. The van der Waals surface area contributed by atoms with Crippen LogP contribution in [0.5, 0.6) is 0 Å². The number of hydrogen-bond donors (Lipinski definition) is 0. The van der Waals surface area contributed by atoms with Gasteiger partial charge in [0, 0.05) is 33.2 Å². The Bertz CT molecular complexity index is 1290. The van der Waals surface area contributed by atoms with Crippen LogP contribution in [-0.4, -0.2) is 94.6 Å². The van der Waals surface area contributed by atoms with Crippen molar-refractivity contribution in [2.75, 3.05) is 66.1 Å². The number of ether oxygens (including phenoxy) is 2. The fraction of sp³-hybridized carbons (Fsp3) is 0.567. The molecule has 0 aromatic heterocycles. The largest absolute Gasteiger partial charge is 0.416 e. The molecule has 4 rings (SSSR count). The number of nitrogens with zero attached hydrogens (tertiary/aromatic N) is 3. The van der Waals surface area contributed by atoms with Gasteiger partial charge in [-0.1, -0.05) is 30.3 Å². The van der Waals surface area contributed by atoms with Crippen LogP contribution in [0, 0.1) is 6.92 Å². The quantitative estimate of drug-likeness (QED) is 0.334. The van der Waals surface area contributed by atoms with E-state index in [9.17, 15) is 26.4 Å². The van der Waals surface area contributed by atoms with Crippen molar-refractivity contribution in [2.24, 2.45) is 0 Å². The average molecular weight is 612 g/mol. The molecule has 0 radical (unpaired) electrons. The molecule has 2 heterocycles. The fourth-order valence-corrected chi connectivity index (χ4v) is 6.93. The first kappa shape index (κ1) is 32.4. The summed E-state index contributed by atoms with van der Waals surface area (Å²) in [6.07, 6.45) is -1.22. The first-order valence-corrected chi connectivity index (χ1v) is 15.8. The van der Waals surface area contributed by atoms with E-state index in [1.165, 1.54) is 23.5 Å². The van der Waals surface area contributed by atoms with E-state index < -0.39 is 27.4 Å². The molecule has 0 aliphatic carbocycles. The molecule has 0 atom stereocenters. The van der Waals surface area contributed by atoms with Crippen LogP contribution >= 0.6 is 0 Å². The van der Waals surface area contributed by atoms with E-state index >= 15 is 0 Å². The Balaban J connectivity index is 1.30. The molecule has 2 aromatic rings. The summed E-state index contributed by atoms with van der Waals surface area (Å²) in [5.41, 5.74) is -0.162. The molecule has 0 N–H and O–H groups in total. The molecule has 2 aliphatic heterocycles. The number of rotatable bonds is 12. The van der Waals surface area contributed by atoms with Crippen LogP contribution in [0.4, 0.5) is 13.2 Å². The standard InChI is InChI=1S/C30H40F3N3O5S/c1-24-7-3-4-8-27(24)42(38,39)34(2)19-21-40-23-28(37)36-17-13-29(14-18-36,41-22-20-35-15-5-6-16-35)25-9-11-26(12-10-25)30(31,32)33/h3-4,7-12H,5-6,13-23H2,1-2H3. The monoisotopic (exact) mass is 611 g/mol. The number of halogens is 3. The maximum atomic E-state index is 13.2. The molecule has 2 aromatic carbocycles. The minimum absolute atomic E-state index is 0.0519. The number of aryl methyl sites for hydroxylation is 1. The minimum Gasteiger partial charge on any atom is -0.370 e. The van der Waals surface area contributed by atoms with Crippen molar-refractivity contribution in [2.45, 2.75) is 49.3 Å².